The minimum Gasteiger partial charge on any atom is -0.660 e. The summed E-state index contributed by atoms with van der Waals surface area (Å²) in [6, 6.07) is 17.1. The fourth-order valence-corrected chi connectivity index (χ4v) is 8.55. The molecule has 2 aliphatic heterocycles. The number of benzene rings is 2. The van der Waals surface area contributed by atoms with Gasteiger partial charge in [0.15, 0.2) is 13.2 Å². The van der Waals surface area contributed by atoms with Crippen LogP contribution in [0.15, 0.2) is 86.1 Å². The minimum atomic E-state index is -0.621. The maximum absolute atomic E-state index is 12.7. The normalized spacial score (nSPS) is 14.0. The molecule has 16 nitrogen and oxygen atoms in total. The summed E-state index contributed by atoms with van der Waals surface area (Å²) in [4.78, 5) is 75.5. The van der Waals surface area contributed by atoms with E-state index in [-0.39, 0.29) is 43.5 Å². The van der Waals surface area contributed by atoms with Gasteiger partial charge in [-0.15, -0.1) is 22.8 Å². The van der Waals surface area contributed by atoms with Crippen LogP contribution in [0, 0.1) is 84.3 Å². The summed E-state index contributed by atoms with van der Waals surface area (Å²) in [6.07, 6.45) is 0. The molecule has 0 unspecified atom stereocenters. The number of rotatable bonds is 12. The summed E-state index contributed by atoms with van der Waals surface area (Å²) in [5.74, 6) is -2.46. The minimum absolute atomic E-state index is 0. The standard InChI is InChI=1S/C28H28N4O4.C25H22N4O4.Co/c1-14-11-15(2)21(16(3)12-14)24(25-17(4)22(19(6)31-25)27(33)35-10-9-29)26-18(5)23(20(7)32-26)28(34)36-13-30-8;1-14-19(24(30)32-12-11-26)16(3)28-22(14)21(18-9-7-6-8-10-18)23-15(2)20(17(4)29-23)25(31)33-13-27-5;/h11-12H,10,13H2,1-7H3,(H,31,32,33,34);6-10H,12-13H2,1-4H3,(H,28,29,30,31);/q;;+2/p-2. The zero-order chi connectivity index (χ0) is 50.9. The number of carbonyl (C=O) groups excluding carboxylic acids is 4. The molecule has 0 fully saturated rings. The molecular weight excluding hydrogens is 936 g/mol. The SMILES string of the molecule is [C-]#[N+]COC(=O)c1c(C)[n-]c(/C(=C2\N=C(C)C(C(=O)OCC#N)=C2C)c2c(C)cc(C)cc2C)c1C.[C-]#[N+]COC(=O)c1c(C)[n-]c(/C(=C2\N=C(C)C(C(=O)OCC#N)=C2C)c2ccccc2)c1C.[Co+2]. The number of hydrogen-bond acceptors (Lipinski definition) is 12. The Balaban J connectivity index is 0.000000301. The molecule has 17 heteroatoms. The van der Waals surface area contributed by atoms with Crippen molar-refractivity contribution in [3.05, 3.63) is 172 Å². The summed E-state index contributed by atoms with van der Waals surface area (Å²) in [6.45, 7) is 32.3. The molecule has 70 heavy (non-hydrogen) atoms. The number of nitriles is 2. The molecule has 357 valence electrons. The van der Waals surface area contributed by atoms with Crippen LogP contribution < -0.4 is 9.97 Å². The van der Waals surface area contributed by atoms with Gasteiger partial charge in [-0.3, -0.25) is 19.7 Å². The third kappa shape index (κ3) is 11.1. The summed E-state index contributed by atoms with van der Waals surface area (Å²) in [5, 5.41) is 17.6. The number of nitrogens with zero attached hydrogens (tertiary/aromatic N) is 8. The van der Waals surface area contributed by atoms with Crippen LogP contribution >= 0.6 is 0 Å². The van der Waals surface area contributed by atoms with Crippen LogP contribution in [-0.2, 0) is 45.3 Å². The van der Waals surface area contributed by atoms with E-state index >= 15 is 0 Å². The van der Waals surface area contributed by atoms with Crippen LogP contribution in [0.5, 0.6) is 0 Å². The number of hydrogen-bond donors (Lipinski definition) is 0. The second-order valence-corrected chi connectivity index (χ2v) is 16.0. The third-order valence-corrected chi connectivity index (χ3v) is 11.3. The van der Waals surface area contributed by atoms with Crippen molar-refractivity contribution >= 4 is 46.4 Å². The van der Waals surface area contributed by atoms with Crippen molar-refractivity contribution in [1.29, 1.82) is 10.5 Å². The summed E-state index contributed by atoms with van der Waals surface area (Å²) in [7, 11) is 0. The summed E-state index contributed by atoms with van der Waals surface area (Å²) >= 11 is 0. The quantitative estimate of drug-likeness (QED) is 0.0740. The molecule has 0 N–H and O–H groups in total. The maximum atomic E-state index is 12.7. The predicted octanol–water partition coefficient (Wildman–Crippen LogP) is 8.75. The smallest absolute Gasteiger partial charge is 0.660 e. The van der Waals surface area contributed by atoms with Gasteiger partial charge in [0, 0.05) is 11.1 Å². The van der Waals surface area contributed by atoms with Gasteiger partial charge in [-0.05, 0) is 107 Å². The zero-order valence-corrected chi connectivity index (χ0v) is 41.6. The molecule has 0 bridgehead atoms. The first kappa shape index (κ1) is 54.3. The first-order chi connectivity index (χ1) is 32.8. The first-order valence-electron chi connectivity index (χ1n) is 21.4. The predicted molar refractivity (Wildman–Crippen MR) is 256 cm³/mol. The van der Waals surface area contributed by atoms with Crippen LogP contribution in [0.25, 0.3) is 20.8 Å². The molecule has 2 aliphatic rings. The third-order valence-electron chi connectivity index (χ3n) is 11.3. The molecule has 4 heterocycles. The van der Waals surface area contributed by atoms with Gasteiger partial charge in [0.25, 0.3) is 0 Å². The van der Waals surface area contributed by atoms with Crippen LogP contribution in [0.3, 0.4) is 0 Å². The Labute approximate surface area is 417 Å². The van der Waals surface area contributed by atoms with Gasteiger partial charge in [0.05, 0.1) is 34.0 Å². The monoisotopic (exact) mass is 983 g/mol. The van der Waals surface area contributed by atoms with Crippen molar-refractivity contribution in [3.63, 3.8) is 0 Å². The molecule has 0 atom stereocenters. The van der Waals surface area contributed by atoms with Crippen molar-refractivity contribution in [3.8, 4) is 12.1 Å². The molecule has 0 spiro atoms. The molecule has 0 amide bonds. The fourth-order valence-electron chi connectivity index (χ4n) is 8.55. The largest absolute Gasteiger partial charge is 2.00 e. The molecular formula is C53H48CoN8O8. The van der Waals surface area contributed by atoms with E-state index in [1.807, 2.05) is 57.2 Å². The van der Waals surface area contributed by atoms with E-state index in [0.717, 1.165) is 27.8 Å². The Morgan fingerprint density at radius 2 is 0.986 bits per heavy atom. The zero-order valence-electron chi connectivity index (χ0n) is 40.5. The number of ether oxygens (including phenoxy) is 4. The van der Waals surface area contributed by atoms with E-state index in [9.17, 15) is 19.2 Å². The number of aromatic nitrogens is 2. The van der Waals surface area contributed by atoms with E-state index < -0.39 is 23.9 Å². The van der Waals surface area contributed by atoms with E-state index in [2.05, 4.69) is 31.8 Å². The molecule has 0 saturated carbocycles. The van der Waals surface area contributed by atoms with Gasteiger partial charge in [-0.25, -0.2) is 32.3 Å². The van der Waals surface area contributed by atoms with Crippen LogP contribution in [-0.4, -0.2) is 62.0 Å². The molecule has 1 radical (unpaired) electrons. The molecule has 6 rings (SSSR count). The van der Waals surface area contributed by atoms with E-state index in [1.165, 1.54) is 0 Å². The Kier molecular flexibility index (Phi) is 18.3. The van der Waals surface area contributed by atoms with Crippen molar-refractivity contribution < 1.29 is 54.9 Å². The molecule has 0 aliphatic carbocycles. The van der Waals surface area contributed by atoms with Crippen LogP contribution in [0.4, 0.5) is 0 Å². The number of allylic oxidation sites excluding steroid dienone is 2. The molecule has 0 saturated heterocycles. The van der Waals surface area contributed by atoms with Crippen LogP contribution in [0.2, 0.25) is 0 Å². The second-order valence-electron chi connectivity index (χ2n) is 16.0. The van der Waals surface area contributed by atoms with Crippen molar-refractivity contribution in [2.45, 2.75) is 76.2 Å². The van der Waals surface area contributed by atoms with E-state index in [0.29, 0.717) is 101 Å². The number of esters is 4. The van der Waals surface area contributed by atoms with Crippen molar-refractivity contribution in [1.82, 2.24) is 9.97 Å². The first-order valence-corrected chi connectivity index (χ1v) is 21.4. The average molecular weight is 984 g/mol. The van der Waals surface area contributed by atoms with E-state index in [4.69, 9.17) is 52.6 Å². The van der Waals surface area contributed by atoms with Crippen molar-refractivity contribution in [2.75, 3.05) is 26.7 Å². The number of aliphatic imine (C=N–C) groups is 2. The number of carbonyl (C=O) groups is 4. The summed E-state index contributed by atoms with van der Waals surface area (Å²) < 4.78 is 20.2. The molecule has 2 aromatic heterocycles. The van der Waals surface area contributed by atoms with Gasteiger partial charge < -0.3 is 28.9 Å². The van der Waals surface area contributed by atoms with E-state index in [1.54, 1.807) is 61.5 Å². The fraction of sp³-hybridized carbons (Fsp3) is 0.283. The average Bonchev–Trinajstić information content (AvgIpc) is 3.98. The Morgan fingerprint density at radius 1 is 0.586 bits per heavy atom. The van der Waals surface area contributed by atoms with Gasteiger partial charge in [0.1, 0.15) is 12.1 Å². The van der Waals surface area contributed by atoms with Gasteiger partial charge >= 0.3 is 54.1 Å². The number of aryl methyl sites for hydroxylation is 5. The van der Waals surface area contributed by atoms with Gasteiger partial charge in [-0.1, -0.05) is 73.0 Å². The Bertz CT molecular complexity index is 3160. The maximum Gasteiger partial charge on any atom is 2.00 e. The van der Waals surface area contributed by atoms with Crippen molar-refractivity contribution in [2.24, 2.45) is 9.98 Å². The summed E-state index contributed by atoms with van der Waals surface area (Å²) in [5.41, 5.74) is 13.8. The topological polar surface area (TPSA) is 214 Å². The second kappa shape index (κ2) is 23.6. The van der Waals surface area contributed by atoms with Gasteiger partial charge in [0.2, 0.25) is 0 Å². The van der Waals surface area contributed by atoms with Gasteiger partial charge in [-0.2, -0.15) is 10.5 Å². The molecule has 2 aromatic carbocycles. The Hall–Kier alpha value is -8.35. The van der Waals surface area contributed by atoms with Crippen LogP contribution in [0.1, 0.15) is 110 Å². The molecule has 4 aromatic rings. The Morgan fingerprint density at radius 3 is 1.39 bits per heavy atom.